The van der Waals surface area contributed by atoms with Crippen LogP contribution in [0, 0.1) is 0 Å². The van der Waals surface area contributed by atoms with E-state index in [1.165, 1.54) is 36.8 Å². The molecular weight excluding hydrogens is 426 g/mol. The lowest BCUT2D eigenvalue weighted by atomic mass is 10.1. The highest BCUT2D eigenvalue weighted by Gasteiger charge is 2.18. The van der Waals surface area contributed by atoms with Crippen LogP contribution in [0.1, 0.15) is 79.1 Å². The third-order valence-electron chi connectivity index (χ3n) is 6.01. The van der Waals surface area contributed by atoms with Gasteiger partial charge in [-0.05, 0) is 58.2 Å². The van der Waals surface area contributed by atoms with Gasteiger partial charge in [-0.3, -0.25) is 4.79 Å². The minimum Gasteiger partial charge on any atom is -0.497 e. The first-order chi connectivity index (χ1) is 16.4. The molecule has 5 nitrogen and oxygen atoms in total. The van der Waals surface area contributed by atoms with Gasteiger partial charge in [0.1, 0.15) is 12.4 Å². The van der Waals surface area contributed by atoms with Crippen LogP contribution in [0.15, 0.2) is 46.3 Å². The van der Waals surface area contributed by atoms with Crippen molar-refractivity contribution in [1.29, 1.82) is 0 Å². The van der Waals surface area contributed by atoms with E-state index in [1.807, 2.05) is 18.2 Å². The van der Waals surface area contributed by atoms with Crippen LogP contribution in [0.2, 0.25) is 0 Å². The van der Waals surface area contributed by atoms with Crippen molar-refractivity contribution in [2.75, 3.05) is 20.3 Å². The predicted molar refractivity (Wildman–Crippen MR) is 143 cm³/mol. The molecule has 1 aromatic heterocycles. The standard InChI is InChI=1S/C29H43NO4/c1-7-8-9-10-11-12-19-33-28-27(34-20-18-23(4)15-13-14-22(2)3)25-17-16-24(32-6)21-26(25)30(5)29(28)31/h14,16-18,21H,7-13,15,19-20H2,1-6H3/b23-18+. The highest BCUT2D eigenvalue weighted by Crippen LogP contribution is 2.34. The van der Waals surface area contributed by atoms with Crippen molar-refractivity contribution < 1.29 is 14.2 Å². The number of fused-ring (bicyclic) bond motifs is 1. The summed E-state index contributed by atoms with van der Waals surface area (Å²) >= 11 is 0. The number of allylic oxidation sites excluding steroid dienone is 3. The van der Waals surface area contributed by atoms with Gasteiger partial charge in [0, 0.05) is 18.5 Å². The van der Waals surface area contributed by atoms with Crippen molar-refractivity contribution >= 4 is 10.9 Å². The van der Waals surface area contributed by atoms with E-state index >= 15 is 0 Å². The molecule has 2 aromatic rings. The van der Waals surface area contributed by atoms with E-state index in [1.54, 1.807) is 18.7 Å². The molecule has 0 N–H and O–H groups in total. The van der Waals surface area contributed by atoms with Gasteiger partial charge in [-0.15, -0.1) is 0 Å². The Hall–Kier alpha value is -2.69. The molecule has 0 atom stereocenters. The first-order valence-electron chi connectivity index (χ1n) is 12.6. The van der Waals surface area contributed by atoms with Crippen LogP contribution in [0.4, 0.5) is 0 Å². The zero-order valence-electron chi connectivity index (χ0n) is 22.0. The average molecular weight is 470 g/mol. The van der Waals surface area contributed by atoms with Crippen LogP contribution >= 0.6 is 0 Å². The van der Waals surface area contributed by atoms with E-state index in [4.69, 9.17) is 14.2 Å². The first-order valence-corrected chi connectivity index (χ1v) is 12.6. The molecule has 2 rings (SSSR count). The van der Waals surface area contributed by atoms with Crippen molar-refractivity contribution in [3.63, 3.8) is 0 Å². The Morgan fingerprint density at radius 3 is 2.41 bits per heavy atom. The second-order valence-electron chi connectivity index (χ2n) is 9.20. The molecule has 0 unspecified atom stereocenters. The molecule has 0 radical (unpaired) electrons. The third kappa shape index (κ3) is 8.27. The molecular formula is C29H43NO4. The second-order valence-corrected chi connectivity index (χ2v) is 9.20. The maximum atomic E-state index is 13.2. The number of nitrogens with zero attached hydrogens (tertiary/aromatic N) is 1. The molecule has 1 heterocycles. The summed E-state index contributed by atoms with van der Waals surface area (Å²) < 4.78 is 19.2. The monoisotopic (exact) mass is 469 g/mol. The Morgan fingerprint density at radius 2 is 1.71 bits per heavy atom. The minimum absolute atomic E-state index is 0.189. The third-order valence-corrected chi connectivity index (χ3v) is 6.01. The highest BCUT2D eigenvalue weighted by molar-refractivity contribution is 5.89. The van der Waals surface area contributed by atoms with E-state index < -0.39 is 0 Å². The Balaban J connectivity index is 2.24. The Kier molecular flexibility index (Phi) is 11.8. The Morgan fingerprint density at radius 1 is 0.971 bits per heavy atom. The molecule has 0 fully saturated rings. The van der Waals surface area contributed by atoms with Crippen LogP contribution in [-0.4, -0.2) is 24.9 Å². The number of aryl methyl sites for hydroxylation is 1. The van der Waals surface area contributed by atoms with Gasteiger partial charge in [0.2, 0.25) is 5.75 Å². The molecule has 0 aliphatic carbocycles. The fourth-order valence-corrected chi connectivity index (χ4v) is 3.87. The van der Waals surface area contributed by atoms with Crippen molar-refractivity contribution in [2.24, 2.45) is 7.05 Å². The van der Waals surface area contributed by atoms with Gasteiger partial charge in [-0.25, -0.2) is 0 Å². The number of aromatic nitrogens is 1. The molecule has 0 spiro atoms. The summed E-state index contributed by atoms with van der Waals surface area (Å²) in [6, 6.07) is 5.69. The molecule has 5 heteroatoms. The normalized spacial score (nSPS) is 11.5. The Labute approximate surface area is 205 Å². The van der Waals surface area contributed by atoms with Crippen LogP contribution in [0.5, 0.6) is 17.2 Å². The van der Waals surface area contributed by atoms with Crippen LogP contribution in [0.3, 0.4) is 0 Å². The summed E-state index contributed by atoms with van der Waals surface area (Å²) in [7, 11) is 3.39. The zero-order valence-corrected chi connectivity index (χ0v) is 22.0. The van der Waals surface area contributed by atoms with Gasteiger partial charge in [-0.1, -0.05) is 56.3 Å². The molecule has 1 aromatic carbocycles. The first kappa shape index (κ1) is 27.6. The quantitative estimate of drug-likeness (QED) is 0.202. The molecule has 0 saturated carbocycles. The summed E-state index contributed by atoms with van der Waals surface area (Å²) in [5.41, 5.74) is 3.17. The van der Waals surface area contributed by atoms with Gasteiger partial charge in [0.25, 0.3) is 5.56 Å². The van der Waals surface area contributed by atoms with E-state index in [9.17, 15) is 4.79 Å². The largest absolute Gasteiger partial charge is 0.497 e. The zero-order chi connectivity index (χ0) is 24.9. The predicted octanol–water partition coefficient (Wildman–Crippen LogP) is 7.36. The van der Waals surface area contributed by atoms with Crippen molar-refractivity contribution in [3.05, 3.63) is 51.9 Å². The van der Waals surface area contributed by atoms with Gasteiger partial charge >= 0.3 is 0 Å². The second kappa shape index (κ2) is 14.5. The molecule has 0 saturated heterocycles. The maximum Gasteiger partial charge on any atom is 0.297 e. The number of rotatable bonds is 15. The van der Waals surface area contributed by atoms with E-state index in [2.05, 4.69) is 39.8 Å². The summed E-state index contributed by atoms with van der Waals surface area (Å²) in [5, 5.41) is 0.844. The lowest BCUT2D eigenvalue weighted by Gasteiger charge is -2.17. The number of ether oxygens (including phenoxy) is 3. The molecule has 0 aliphatic rings. The van der Waals surface area contributed by atoms with Crippen LogP contribution < -0.4 is 19.8 Å². The minimum atomic E-state index is -0.189. The average Bonchev–Trinajstić information content (AvgIpc) is 2.82. The molecule has 188 valence electrons. The smallest absolute Gasteiger partial charge is 0.297 e. The van der Waals surface area contributed by atoms with Crippen molar-refractivity contribution in [1.82, 2.24) is 4.57 Å². The Bertz CT molecular complexity index is 1030. The number of unbranched alkanes of at least 4 members (excludes halogenated alkanes) is 5. The number of hydrogen-bond acceptors (Lipinski definition) is 4. The fraction of sp³-hybridized carbons (Fsp3) is 0.552. The van der Waals surface area contributed by atoms with E-state index in [0.717, 1.165) is 36.6 Å². The lowest BCUT2D eigenvalue weighted by Crippen LogP contribution is -2.21. The van der Waals surface area contributed by atoms with Gasteiger partial charge in [-0.2, -0.15) is 0 Å². The van der Waals surface area contributed by atoms with Crippen LogP contribution in [-0.2, 0) is 7.05 Å². The summed E-state index contributed by atoms with van der Waals surface area (Å²) in [4.78, 5) is 13.2. The number of methoxy groups -OCH3 is 1. The van der Waals surface area contributed by atoms with Crippen molar-refractivity contribution in [2.45, 2.75) is 79.1 Å². The fourth-order valence-electron chi connectivity index (χ4n) is 3.87. The molecule has 0 aliphatic heterocycles. The SMILES string of the molecule is CCCCCCCCOc1c(OC/C=C(\C)CCC=C(C)C)c2ccc(OC)cc2n(C)c1=O. The molecule has 34 heavy (non-hydrogen) atoms. The number of benzene rings is 1. The van der Waals surface area contributed by atoms with Gasteiger partial charge in [0.15, 0.2) is 5.75 Å². The topological polar surface area (TPSA) is 49.7 Å². The molecule has 0 amide bonds. The lowest BCUT2D eigenvalue weighted by molar-refractivity contribution is 0.272. The maximum absolute atomic E-state index is 13.2. The van der Waals surface area contributed by atoms with E-state index in [-0.39, 0.29) is 5.56 Å². The van der Waals surface area contributed by atoms with Gasteiger partial charge in [0.05, 0.1) is 19.2 Å². The summed E-state index contributed by atoms with van der Waals surface area (Å²) in [5.74, 6) is 1.51. The van der Waals surface area contributed by atoms with E-state index in [0.29, 0.717) is 30.5 Å². The highest BCUT2D eigenvalue weighted by atomic mass is 16.5. The summed E-state index contributed by atoms with van der Waals surface area (Å²) in [6.07, 6.45) is 13.3. The van der Waals surface area contributed by atoms with Gasteiger partial charge < -0.3 is 18.8 Å². The molecule has 0 bridgehead atoms. The number of hydrogen-bond donors (Lipinski definition) is 0. The number of pyridine rings is 1. The summed E-state index contributed by atoms with van der Waals surface area (Å²) in [6.45, 7) is 9.47. The van der Waals surface area contributed by atoms with Crippen LogP contribution in [0.25, 0.3) is 10.9 Å². The van der Waals surface area contributed by atoms with Crippen molar-refractivity contribution in [3.8, 4) is 17.2 Å².